The Hall–Kier alpha value is -2.93. The van der Waals surface area contributed by atoms with Crippen molar-refractivity contribution in [3.05, 3.63) is 72.4 Å². The Labute approximate surface area is 146 Å². The van der Waals surface area contributed by atoms with Gasteiger partial charge in [0.1, 0.15) is 17.3 Å². The van der Waals surface area contributed by atoms with Crippen LogP contribution in [0.25, 0.3) is 22.6 Å². The number of hydrogen-bond donors (Lipinski definition) is 2. The van der Waals surface area contributed by atoms with Gasteiger partial charge in [0.25, 0.3) is 0 Å². The lowest BCUT2D eigenvalue weighted by atomic mass is 10.3. The van der Waals surface area contributed by atoms with Gasteiger partial charge in [0.2, 0.25) is 0 Å². The zero-order valence-electron chi connectivity index (χ0n) is 12.8. The standard InChI is InChI=1S/C18H12F2N4S/c19-11-4-6-14(13(20)9-11)24-25-12-5-7-15-17(10-12)23-18(22-15)16-3-1-2-8-21-16/h1-10,24H,(H,22,23). The summed E-state index contributed by atoms with van der Waals surface area (Å²) < 4.78 is 29.5. The van der Waals surface area contributed by atoms with E-state index in [-0.39, 0.29) is 5.69 Å². The Morgan fingerprint density at radius 3 is 2.72 bits per heavy atom. The number of nitrogens with zero attached hydrogens (tertiary/aromatic N) is 2. The molecule has 2 aromatic carbocycles. The van der Waals surface area contributed by atoms with Crippen LogP contribution in [-0.4, -0.2) is 15.0 Å². The largest absolute Gasteiger partial charge is 0.337 e. The molecule has 4 rings (SSSR count). The smallest absolute Gasteiger partial charge is 0.157 e. The fourth-order valence-electron chi connectivity index (χ4n) is 2.36. The summed E-state index contributed by atoms with van der Waals surface area (Å²) in [4.78, 5) is 12.9. The van der Waals surface area contributed by atoms with Gasteiger partial charge in [0, 0.05) is 17.2 Å². The lowest BCUT2D eigenvalue weighted by molar-refractivity contribution is 0.586. The molecule has 0 aliphatic carbocycles. The van der Waals surface area contributed by atoms with Crippen molar-refractivity contribution in [2.45, 2.75) is 4.90 Å². The summed E-state index contributed by atoms with van der Waals surface area (Å²) in [7, 11) is 0. The van der Waals surface area contributed by atoms with Crippen molar-refractivity contribution in [2.75, 3.05) is 4.72 Å². The SMILES string of the molecule is Fc1ccc(NSc2ccc3nc(-c4ccccn4)[nH]c3c2)c(F)c1. The maximum absolute atomic E-state index is 13.7. The fourth-order valence-corrected chi connectivity index (χ4v) is 3.07. The first-order valence-electron chi connectivity index (χ1n) is 7.48. The Balaban J connectivity index is 1.57. The second kappa shape index (κ2) is 6.52. The zero-order chi connectivity index (χ0) is 17.2. The van der Waals surface area contributed by atoms with E-state index in [9.17, 15) is 8.78 Å². The van der Waals surface area contributed by atoms with Crippen LogP contribution in [0.3, 0.4) is 0 Å². The van der Waals surface area contributed by atoms with Crippen LogP contribution in [0.1, 0.15) is 0 Å². The number of aromatic amines is 1. The highest BCUT2D eigenvalue weighted by Gasteiger charge is 2.08. The molecule has 0 atom stereocenters. The first-order valence-corrected chi connectivity index (χ1v) is 8.30. The van der Waals surface area contributed by atoms with Crippen LogP contribution in [0.15, 0.2) is 65.7 Å². The molecule has 124 valence electrons. The number of halogens is 2. The second-order valence-corrected chi connectivity index (χ2v) is 6.19. The molecule has 4 nitrogen and oxygen atoms in total. The number of hydrogen-bond acceptors (Lipinski definition) is 4. The van der Waals surface area contributed by atoms with E-state index >= 15 is 0 Å². The molecule has 0 saturated heterocycles. The van der Waals surface area contributed by atoms with Crippen molar-refractivity contribution in [1.29, 1.82) is 0 Å². The van der Waals surface area contributed by atoms with Crippen molar-refractivity contribution >= 4 is 28.7 Å². The van der Waals surface area contributed by atoms with Crippen LogP contribution in [0.5, 0.6) is 0 Å². The number of H-pyrrole nitrogens is 1. The number of nitrogens with one attached hydrogen (secondary N) is 2. The highest BCUT2D eigenvalue weighted by molar-refractivity contribution is 8.00. The molecule has 0 fully saturated rings. The average Bonchev–Trinajstić information content (AvgIpc) is 3.05. The van der Waals surface area contributed by atoms with Crippen molar-refractivity contribution in [3.63, 3.8) is 0 Å². The molecular formula is C18H12F2N4S. The summed E-state index contributed by atoms with van der Waals surface area (Å²) in [6.45, 7) is 0. The number of imidazole rings is 1. The number of rotatable bonds is 4. The fraction of sp³-hybridized carbons (Fsp3) is 0. The van der Waals surface area contributed by atoms with E-state index in [0.29, 0.717) is 5.82 Å². The van der Waals surface area contributed by atoms with Crippen molar-refractivity contribution < 1.29 is 8.78 Å². The molecule has 2 N–H and O–H groups in total. The molecule has 0 saturated carbocycles. The quantitative estimate of drug-likeness (QED) is 0.505. The second-order valence-electron chi connectivity index (χ2n) is 5.31. The highest BCUT2D eigenvalue weighted by atomic mass is 32.2. The number of pyridine rings is 1. The van der Waals surface area contributed by atoms with Gasteiger partial charge in [0.05, 0.1) is 16.7 Å². The summed E-state index contributed by atoms with van der Waals surface area (Å²) in [6, 6.07) is 14.7. The Morgan fingerprint density at radius 1 is 1.00 bits per heavy atom. The molecule has 0 unspecified atom stereocenters. The van der Waals surface area contributed by atoms with Crippen LogP contribution >= 0.6 is 11.9 Å². The van der Waals surface area contributed by atoms with Gasteiger partial charge in [-0.2, -0.15) is 0 Å². The summed E-state index contributed by atoms with van der Waals surface area (Å²) in [5, 5.41) is 0. The maximum atomic E-state index is 13.7. The minimum Gasteiger partial charge on any atom is -0.337 e. The van der Waals surface area contributed by atoms with E-state index in [0.717, 1.165) is 27.7 Å². The number of fused-ring (bicyclic) bond motifs is 1. The predicted molar refractivity (Wildman–Crippen MR) is 95.2 cm³/mol. The minimum absolute atomic E-state index is 0.227. The molecule has 2 heterocycles. The minimum atomic E-state index is -0.632. The molecule has 0 spiro atoms. The molecule has 0 aliphatic rings. The third-order valence-electron chi connectivity index (χ3n) is 3.57. The topological polar surface area (TPSA) is 53.6 Å². The molecular weight excluding hydrogens is 342 g/mol. The normalized spacial score (nSPS) is 11.0. The monoisotopic (exact) mass is 354 g/mol. The number of benzene rings is 2. The lowest BCUT2D eigenvalue weighted by Gasteiger charge is -2.06. The van der Waals surface area contributed by atoms with Crippen molar-refractivity contribution in [2.24, 2.45) is 0 Å². The van der Waals surface area contributed by atoms with Crippen LogP contribution in [0.4, 0.5) is 14.5 Å². The molecule has 0 amide bonds. The van der Waals surface area contributed by atoms with Crippen LogP contribution in [0, 0.1) is 11.6 Å². The zero-order valence-corrected chi connectivity index (χ0v) is 13.6. The van der Waals surface area contributed by atoms with Gasteiger partial charge in [0.15, 0.2) is 5.82 Å². The first-order chi connectivity index (χ1) is 12.2. The molecule has 0 bridgehead atoms. The average molecular weight is 354 g/mol. The van der Waals surface area contributed by atoms with E-state index in [4.69, 9.17) is 0 Å². The predicted octanol–water partition coefficient (Wildman–Crippen LogP) is 5.02. The van der Waals surface area contributed by atoms with Gasteiger partial charge in [-0.25, -0.2) is 13.8 Å². The van der Waals surface area contributed by atoms with Crippen molar-refractivity contribution in [1.82, 2.24) is 15.0 Å². The van der Waals surface area contributed by atoms with Crippen LogP contribution in [-0.2, 0) is 0 Å². The molecule has 0 radical (unpaired) electrons. The van der Waals surface area contributed by atoms with E-state index in [2.05, 4.69) is 19.7 Å². The van der Waals surface area contributed by atoms with Crippen LogP contribution < -0.4 is 4.72 Å². The highest BCUT2D eigenvalue weighted by Crippen LogP contribution is 2.27. The van der Waals surface area contributed by atoms with Gasteiger partial charge >= 0.3 is 0 Å². The molecule has 25 heavy (non-hydrogen) atoms. The molecule has 7 heteroatoms. The lowest BCUT2D eigenvalue weighted by Crippen LogP contribution is -1.91. The summed E-state index contributed by atoms with van der Waals surface area (Å²) in [6.07, 6.45) is 1.71. The van der Waals surface area contributed by atoms with Crippen molar-refractivity contribution in [3.8, 4) is 11.5 Å². The van der Waals surface area contributed by atoms with E-state index < -0.39 is 11.6 Å². The third kappa shape index (κ3) is 3.32. The van der Waals surface area contributed by atoms with E-state index in [1.807, 2.05) is 36.4 Å². The van der Waals surface area contributed by atoms with Gasteiger partial charge in [-0.05, 0) is 54.4 Å². The molecule has 2 aromatic heterocycles. The Kier molecular flexibility index (Phi) is 4.07. The summed E-state index contributed by atoms with van der Waals surface area (Å²) >= 11 is 1.24. The third-order valence-corrected chi connectivity index (χ3v) is 4.38. The van der Waals surface area contributed by atoms with E-state index in [1.165, 1.54) is 24.1 Å². The van der Waals surface area contributed by atoms with Gasteiger partial charge < -0.3 is 9.71 Å². The Bertz CT molecular complexity index is 1030. The van der Waals surface area contributed by atoms with Gasteiger partial charge in [-0.1, -0.05) is 6.07 Å². The summed E-state index contributed by atoms with van der Waals surface area (Å²) in [5.74, 6) is -0.545. The van der Waals surface area contributed by atoms with E-state index in [1.54, 1.807) is 6.20 Å². The summed E-state index contributed by atoms with van der Waals surface area (Å²) in [5.41, 5.74) is 2.66. The molecule has 0 aliphatic heterocycles. The number of aromatic nitrogens is 3. The van der Waals surface area contributed by atoms with Gasteiger partial charge in [-0.3, -0.25) is 4.98 Å². The maximum Gasteiger partial charge on any atom is 0.157 e. The Morgan fingerprint density at radius 2 is 1.92 bits per heavy atom. The van der Waals surface area contributed by atoms with Crippen LogP contribution in [0.2, 0.25) is 0 Å². The van der Waals surface area contributed by atoms with Gasteiger partial charge in [-0.15, -0.1) is 0 Å². The molecule has 4 aromatic rings. The first kappa shape index (κ1) is 15.6. The number of anilines is 1.